The van der Waals surface area contributed by atoms with Crippen molar-refractivity contribution < 1.29 is 0 Å². The van der Waals surface area contributed by atoms with Crippen LogP contribution in [0.5, 0.6) is 0 Å². The van der Waals surface area contributed by atoms with Crippen LogP contribution in [0, 0.1) is 0 Å². The SMILES string of the molecule is Cl.Nc1ncc(CCc2cn(C/C=C/c3ccccc3)nn2)[nH]1. The molecular weight excluding hydrogens is 312 g/mol. The number of aryl methyl sites for hydroxylation is 2. The number of aromatic amines is 1. The van der Waals surface area contributed by atoms with Crippen molar-refractivity contribution in [2.24, 2.45) is 0 Å². The summed E-state index contributed by atoms with van der Waals surface area (Å²) in [6.07, 6.45) is 9.50. The molecule has 0 saturated heterocycles. The van der Waals surface area contributed by atoms with E-state index in [9.17, 15) is 0 Å². The number of nitrogen functional groups attached to an aromatic ring is 1. The van der Waals surface area contributed by atoms with Crippen molar-refractivity contribution in [1.29, 1.82) is 0 Å². The van der Waals surface area contributed by atoms with E-state index in [0.29, 0.717) is 12.5 Å². The fraction of sp³-hybridized carbons (Fsp3) is 0.188. The average molecular weight is 331 g/mol. The highest BCUT2D eigenvalue weighted by Gasteiger charge is 2.02. The highest BCUT2D eigenvalue weighted by molar-refractivity contribution is 5.85. The summed E-state index contributed by atoms with van der Waals surface area (Å²) in [7, 11) is 0. The number of H-pyrrole nitrogens is 1. The normalized spacial score (nSPS) is 10.8. The van der Waals surface area contributed by atoms with Gasteiger partial charge in [0.15, 0.2) is 5.95 Å². The summed E-state index contributed by atoms with van der Waals surface area (Å²) in [6.45, 7) is 0.707. The van der Waals surface area contributed by atoms with Gasteiger partial charge in [-0.2, -0.15) is 0 Å². The lowest BCUT2D eigenvalue weighted by atomic mass is 10.2. The van der Waals surface area contributed by atoms with E-state index >= 15 is 0 Å². The molecule has 7 heteroatoms. The molecule has 2 heterocycles. The van der Waals surface area contributed by atoms with Crippen LogP contribution in [0.4, 0.5) is 5.95 Å². The van der Waals surface area contributed by atoms with Gasteiger partial charge in [0.05, 0.1) is 18.4 Å². The Hall–Kier alpha value is -2.60. The van der Waals surface area contributed by atoms with Crippen LogP contribution in [0.15, 0.2) is 48.8 Å². The molecule has 2 aromatic heterocycles. The van der Waals surface area contributed by atoms with Crippen molar-refractivity contribution in [3.8, 4) is 0 Å². The molecule has 1 aromatic carbocycles. The van der Waals surface area contributed by atoms with Crippen molar-refractivity contribution in [3.05, 3.63) is 65.8 Å². The first-order valence-corrected chi connectivity index (χ1v) is 7.19. The Morgan fingerprint density at radius 3 is 2.74 bits per heavy atom. The second kappa shape index (κ2) is 8.14. The molecule has 0 saturated carbocycles. The third-order valence-corrected chi connectivity index (χ3v) is 3.29. The summed E-state index contributed by atoms with van der Waals surface area (Å²) in [4.78, 5) is 6.98. The van der Waals surface area contributed by atoms with E-state index in [2.05, 4.69) is 44.6 Å². The van der Waals surface area contributed by atoms with E-state index in [1.54, 1.807) is 6.20 Å². The zero-order chi connectivity index (χ0) is 15.2. The van der Waals surface area contributed by atoms with Gasteiger partial charge in [-0.3, -0.25) is 0 Å². The number of nitrogens with one attached hydrogen (secondary N) is 1. The smallest absolute Gasteiger partial charge is 0.197 e. The van der Waals surface area contributed by atoms with Gasteiger partial charge in [-0.05, 0) is 18.4 Å². The lowest BCUT2D eigenvalue weighted by Gasteiger charge is -1.94. The molecule has 0 atom stereocenters. The number of hydrogen-bond donors (Lipinski definition) is 2. The summed E-state index contributed by atoms with van der Waals surface area (Å²) in [5.41, 5.74) is 8.70. The third kappa shape index (κ3) is 4.96. The van der Waals surface area contributed by atoms with Gasteiger partial charge in [-0.25, -0.2) is 9.67 Å². The van der Waals surface area contributed by atoms with Gasteiger partial charge in [0.2, 0.25) is 0 Å². The number of nitrogens with zero attached hydrogens (tertiary/aromatic N) is 4. The molecule has 0 aliphatic heterocycles. The quantitative estimate of drug-likeness (QED) is 0.727. The van der Waals surface area contributed by atoms with Crippen molar-refractivity contribution in [2.75, 3.05) is 5.73 Å². The van der Waals surface area contributed by atoms with E-state index in [1.165, 1.54) is 5.56 Å². The maximum atomic E-state index is 5.55. The van der Waals surface area contributed by atoms with Gasteiger partial charge in [-0.1, -0.05) is 47.7 Å². The summed E-state index contributed by atoms with van der Waals surface area (Å²) in [6, 6.07) is 10.2. The summed E-state index contributed by atoms with van der Waals surface area (Å²) in [5, 5.41) is 8.31. The van der Waals surface area contributed by atoms with Gasteiger partial charge >= 0.3 is 0 Å². The van der Waals surface area contributed by atoms with E-state index in [0.717, 1.165) is 24.2 Å². The van der Waals surface area contributed by atoms with E-state index < -0.39 is 0 Å². The Bertz CT molecular complexity index is 747. The standard InChI is InChI=1S/C16H18N6.ClH/c17-16-18-11-14(19-16)8-9-15-12-22(21-20-15)10-4-7-13-5-2-1-3-6-13;/h1-7,11-12H,8-10H2,(H3,17,18,19);1H/b7-4+;. The first kappa shape index (κ1) is 16.8. The number of imidazole rings is 1. The maximum Gasteiger partial charge on any atom is 0.197 e. The van der Waals surface area contributed by atoms with Crippen LogP contribution >= 0.6 is 12.4 Å². The molecule has 3 aromatic rings. The lowest BCUT2D eigenvalue weighted by molar-refractivity contribution is 0.662. The molecule has 23 heavy (non-hydrogen) atoms. The predicted molar refractivity (Wildman–Crippen MR) is 93.2 cm³/mol. The highest BCUT2D eigenvalue weighted by atomic mass is 35.5. The van der Waals surface area contributed by atoms with Gasteiger partial charge < -0.3 is 10.7 Å². The molecule has 0 radical (unpaired) electrons. The Balaban J connectivity index is 0.00000192. The Morgan fingerprint density at radius 2 is 2.00 bits per heavy atom. The van der Waals surface area contributed by atoms with E-state index in [-0.39, 0.29) is 12.4 Å². The zero-order valence-corrected chi connectivity index (χ0v) is 13.4. The van der Waals surface area contributed by atoms with Crippen molar-refractivity contribution in [2.45, 2.75) is 19.4 Å². The fourth-order valence-corrected chi connectivity index (χ4v) is 2.17. The Kier molecular flexibility index (Phi) is 5.94. The Morgan fingerprint density at radius 1 is 1.17 bits per heavy atom. The van der Waals surface area contributed by atoms with Crippen LogP contribution in [0.3, 0.4) is 0 Å². The number of benzene rings is 1. The lowest BCUT2D eigenvalue weighted by Crippen LogP contribution is -1.95. The number of halogens is 1. The van der Waals surface area contributed by atoms with Crippen LogP contribution in [-0.4, -0.2) is 25.0 Å². The fourth-order valence-electron chi connectivity index (χ4n) is 2.17. The average Bonchev–Trinajstić information content (AvgIpc) is 3.15. The number of rotatable bonds is 6. The van der Waals surface area contributed by atoms with E-state index in [1.807, 2.05) is 29.1 Å². The van der Waals surface area contributed by atoms with Crippen molar-refractivity contribution in [3.63, 3.8) is 0 Å². The highest BCUT2D eigenvalue weighted by Crippen LogP contribution is 2.05. The van der Waals surface area contributed by atoms with Crippen LogP contribution in [0.25, 0.3) is 6.08 Å². The van der Waals surface area contributed by atoms with Crippen molar-refractivity contribution >= 4 is 24.4 Å². The number of hydrogen-bond acceptors (Lipinski definition) is 4. The molecule has 3 N–H and O–H groups in total. The predicted octanol–water partition coefficient (Wildman–Crippen LogP) is 2.50. The molecule has 0 spiro atoms. The van der Waals surface area contributed by atoms with Crippen LogP contribution < -0.4 is 5.73 Å². The van der Waals surface area contributed by atoms with Crippen LogP contribution in [-0.2, 0) is 19.4 Å². The Labute approximate surface area is 140 Å². The summed E-state index contributed by atoms with van der Waals surface area (Å²) < 4.78 is 1.83. The number of allylic oxidation sites excluding steroid dienone is 1. The maximum absolute atomic E-state index is 5.55. The summed E-state index contributed by atoms with van der Waals surface area (Å²) >= 11 is 0. The largest absolute Gasteiger partial charge is 0.369 e. The second-order valence-electron chi connectivity index (χ2n) is 5.04. The van der Waals surface area contributed by atoms with Crippen LogP contribution in [0.2, 0.25) is 0 Å². The van der Waals surface area contributed by atoms with Crippen molar-refractivity contribution in [1.82, 2.24) is 25.0 Å². The monoisotopic (exact) mass is 330 g/mol. The van der Waals surface area contributed by atoms with Gasteiger partial charge in [0.25, 0.3) is 0 Å². The minimum atomic E-state index is 0. The molecule has 6 nitrogen and oxygen atoms in total. The zero-order valence-electron chi connectivity index (χ0n) is 12.6. The number of anilines is 1. The first-order valence-electron chi connectivity index (χ1n) is 7.19. The minimum absolute atomic E-state index is 0. The van der Waals surface area contributed by atoms with E-state index in [4.69, 9.17) is 5.73 Å². The van der Waals surface area contributed by atoms with Gasteiger partial charge in [0, 0.05) is 11.9 Å². The first-order chi connectivity index (χ1) is 10.8. The van der Waals surface area contributed by atoms with Crippen LogP contribution in [0.1, 0.15) is 17.0 Å². The molecule has 120 valence electrons. The second-order valence-corrected chi connectivity index (χ2v) is 5.04. The van der Waals surface area contributed by atoms with Gasteiger partial charge in [-0.15, -0.1) is 17.5 Å². The minimum Gasteiger partial charge on any atom is -0.369 e. The third-order valence-electron chi connectivity index (χ3n) is 3.29. The molecule has 0 bridgehead atoms. The molecular formula is C16H19ClN6. The molecule has 0 aliphatic carbocycles. The molecule has 0 fully saturated rings. The van der Waals surface area contributed by atoms with Gasteiger partial charge in [0.1, 0.15) is 0 Å². The molecule has 0 unspecified atom stereocenters. The molecule has 0 aliphatic rings. The number of nitrogens with two attached hydrogens (primary N) is 1. The molecule has 0 amide bonds. The summed E-state index contributed by atoms with van der Waals surface area (Å²) in [5.74, 6) is 0.449. The topological polar surface area (TPSA) is 85.4 Å². The molecule has 3 rings (SSSR count). The number of aromatic nitrogens is 5.